The lowest BCUT2D eigenvalue weighted by Crippen LogP contribution is -2.34. The van der Waals surface area contributed by atoms with Gasteiger partial charge >= 0.3 is 0 Å². The third-order valence-electron chi connectivity index (χ3n) is 4.26. The summed E-state index contributed by atoms with van der Waals surface area (Å²) in [6.45, 7) is 5.26. The maximum Gasteiger partial charge on any atom is 0.224 e. The molecular formula is C18H26N2O4. The Balaban J connectivity index is 1.85. The number of hydrogen-bond donors (Lipinski definition) is 1. The normalized spacial score (nSPS) is 17.3. The highest BCUT2D eigenvalue weighted by Crippen LogP contribution is 2.27. The number of amides is 2. The zero-order valence-corrected chi connectivity index (χ0v) is 14.8. The second-order valence-corrected chi connectivity index (χ2v) is 6.38. The topological polar surface area (TPSA) is 67.9 Å². The fraction of sp³-hybridized carbons (Fsp3) is 0.556. The van der Waals surface area contributed by atoms with Crippen LogP contribution in [0.1, 0.15) is 25.8 Å². The van der Waals surface area contributed by atoms with Crippen molar-refractivity contribution in [2.45, 2.75) is 32.7 Å². The molecule has 0 spiro atoms. The number of benzene rings is 1. The Hall–Kier alpha value is -2.24. The quantitative estimate of drug-likeness (QED) is 0.823. The van der Waals surface area contributed by atoms with Crippen molar-refractivity contribution in [3.8, 4) is 11.5 Å². The average Bonchev–Trinajstić information content (AvgIpc) is 2.94. The summed E-state index contributed by atoms with van der Waals surface area (Å²) in [6.07, 6.45) is 0.781. The molecule has 1 aromatic rings. The number of ether oxygens (including phenoxy) is 2. The molecule has 2 amide bonds. The molecule has 1 unspecified atom stereocenters. The molecule has 1 fully saturated rings. The first kappa shape index (κ1) is 18.1. The van der Waals surface area contributed by atoms with Crippen LogP contribution in [0.5, 0.6) is 11.5 Å². The van der Waals surface area contributed by atoms with Crippen LogP contribution in [0, 0.1) is 5.92 Å². The van der Waals surface area contributed by atoms with Crippen LogP contribution in [0.15, 0.2) is 18.2 Å². The largest absolute Gasteiger partial charge is 0.493 e. The van der Waals surface area contributed by atoms with E-state index in [9.17, 15) is 9.59 Å². The van der Waals surface area contributed by atoms with Gasteiger partial charge in [-0.3, -0.25) is 9.59 Å². The number of carbonyl (C=O) groups is 2. The third kappa shape index (κ3) is 4.40. The average molecular weight is 334 g/mol. The van der Waals surface area contributed by atoms with Crippen molar-refractivity contribution in [3.63, 3.8) is 0 Å². The first-order valence-corrected chi connectivity index (χ1v) is 8.21. The van der Waals surface area contributed by atoms with E-state index in [1.165, 1.54) is 0 Å². The maximum atomic E-state index is 12.1. The number of hydrogen-bond acceptors (Lipinski definition) is 4. The van der Waals surface area contributed by atoms with Crippen molar-refractivity contribution in [2.75, 3.05) is 27.3 Å². The van der Waals surface area contributed by atoms with Gasteiger partial charge in [-0.1, -0.05) is 6.07 Å². The molecule has 2 rings (SSSR count). The van der Waals surface area contributed by atoms with Crippen LogP contribution < -0.4 is 14.8 Å². The standard InChI is InChI=1S/C18H26N2O4/c1-12(2)20-11-14(9-18(20)22)10-19-17(21)8-13-5-6-15(23-3)16(7-13)24-4/h5-7,12,14H,8-11H2,1-4H3,(H,19,21). The van der Waals surface area contributed by atoms with Gasteiger partial charge in [0.2, 0.25) is 11.8 Å². The molecule has 0 radical (unpaired) electrons. The fourth-order valence-corrected chi connectivity index (χ4v) is 2.94. The van der Waals surface area contributed by atoms with Gasteiger partial charge < -0.3 is 19.7 Å². The molecule has 1 N–H and O–H groups in total. The molecule has 0 aromatic heterocycles. The summed E-state index contributed by atoms with van der Waals surface area (Å²) in [5.74, 6) is 1.55. The van der Waals surface area contributed by atoms with Gasteiger partial charge in [0.05, 0.1) is 20.6 Å². The summed E-state index contributed by atoms with van der Waals surface area (Å²) in [7, 11) is 3.15. The fourth-order valence-electron chi connectivity index (χ4n) is 2.94. The van der Waals surface area contributed by atoms with E-state index in [2.05, 4.69) is 5.32 Å². The SMILES string of the molecule is COc1ccc(CC(=O)NCC2CC(=O)N(C(C)C)C2)cc1OC. The molecule has 6 heteroatoms. The summed E-state index contributed by atoms with van der Waals surface area (Å²) in [5, 5.41) is 2.93. The second-order valence-electron chi connectivity index (χ2n) is 6.38. The highest BCUT2D eigenvalue weighted by atomic mass is 16.5. The van der Waals surface area contributed by atoms with E-state index in [1.54, 1.807) is 26.4 Å². The Morgan fingerprint density at radius 3 is 2.58 bits per heavy atom. The molecule has 24 heavy (non-hydrogen) atoms. The number of rotatable bonds is 7. The minimum Gasteiger partial charge on any atom is -0.493 e. The summed E-state index contributed by atoms with van der Waals surface area (Å²) in [5.41, 5.74) is 0.858. The molecule has 0 aliphatic carbocycles. The van der Waals surface area contributed by atoms with Crippen molar-refractivity contribution >= 4 is 11.8 Å². The van der Waals surface area contributed by atoms with Gasteiger partial charge in [-0.15, -0.1) is 0 Å². The predicted octanol–water partition coefficient (Wildman–Crippen LogP) is 1.62. The highest BCUT2D eigenvalue weighted by molar-refractivity contribution is 5.80. The molecular weight excluding hydrogens is 308 g/mol. The Kier molecular flexibility index (Phi) is 6.06. The van der Waals surface area contributed by atoms with Crippen LogP contribution in [0.3, 0.4) is 0 Å². The summed E-state index contributed by atoms with van der Waals surface area (Å²) < 4.78 is 10.4. The molecule has 1 aliphatic rings. The van der Waals surface area contributed by atoms with E-state index in [1.807, 2.05) is 24.8 Å². The van der Waals surface area contributed by atoms with Gasteiger partial charge in [0.1, 0.15) is 0 Å². The Morgan fingerprint density at radius 2 is 2.00 bits per heavy atom. The number of carbonyl (C=O) groups excluding carboxylic acids is 2. The molecule has 1 heterocycles. The summed E-state index contributed by atoms with van der Waals surface area (Å²) in [6, 6.07) is 5.65. The Labute approximate surface area is 143 Å². The van der Waals surface area contributed by atoms with E-state index in [0.717, 1.165) is 5.56 Å². The zero-order valence-electron chi connectivity index (χ0n) is 14.8. The van der Waals surface area contributed by atoms with E-state index in [0.29, 0.717) is 31.0 Å². The van der Waals surface area contributed by atoms with Crippen molar-refractivity contribution in [1.82, 2.24) is 10.2 Å². The van der Waals surface area contributed by atoms with Gasteiger partial charge in [-0.2, -0.15) is 0 Å². The van der Waals surface area contributed by atoms with E-state index < -0.39 is 0 Å². The summed E-state index contributed by atoms with van der Waals surface area (Å²) in [4.78, 5) is 25.9. The Morgan fingerprint density at radius 1 is 1.29 bits per heavy atom. The van der Waals surface area contributed by atoms with Gasteiger partial charge in [0, 0.05) is 31.5 Å². The lowest BCUT2D eigenvalue weighted by molar-refractivity contribution is -0.129. The maximum absolute atomic E-state index is 12.1. The van der Waals surface area contributed by atoms with Gasteiger partial charge in [0.15, 0.2) is 11.5 Å². The minimum absolute atomic E-state index is 0.0577. The smallest absolute Gasteiger partial charge is 0.224 e. The van der Waals surface area contributed by atoms with Crippen LogP contribution >= 0.6 is 0 Å². The first-order valence-electron chi connectivity index (χ1n) is 8.21. The van der Waals surface area contributed by atoms with E-state index in [-0.39, 0.29) is 30.2 Å². The summed E-state index contributed by atoms with van der Waals surface area (Å²) >= 11 is 0. The lowest BCUT2D eigenvalue weighted by Gasteiger charge is -2.21. The molecule has 1 aliphatic heterocycles. The van der Waals surface area contributed by atoms with E-state index >= 15 is 0 Å². The van der Waals surface area contributed by atoms with Crippen LogP contribution in [0.25, 0.3) is 0 Å². The van der Waals surface area contributed by atoms with Gasteiger partial charge in [0.25, 0.3) is 0 Å². The van der Waals surface area contributed by atoms with Crippen LogP contribution in [0.4, 0.5) is 0 Å². The van der Waals surface area contributed by atoms with Crippen LogP contribution in [-0.4, -0.2) is 50.1 Å². The molecule has 132 valence electrons. The number of nitrogens with one attached hydrogen (secondary N) is 1. The van der Waals surface area contributed by atoms with Crippen molar-refractivity contribution < 1.29 is 19.1 Å². The molecule has 1 saturated heterocycles. The molecule has 1 atom stereocenters. The van der Waals surface area contributed by atoms with Crippen molar-refractivity contribution in [2.24, 2.45) is 5.92 Å². The zero-order chi connectivity index (χ0) is 17.7. The van der Waals surface area contributed by atoms with Crippen LogP contribution in [-0.2, 0) is 16.0 Å². The molecule has 6 nitrogen and oxygen atoms in total. The molecule has 0 bridgehead atoms. The third-order valence-corrected chi connectivity index (χ3v) is 4.26. The van der Waals surface area contributed by atoms with Gasteiger partial charge in [-0.25, -0.2) is 0 Å². The lowest BCUT2D eigenvalue weighted by atomic mass is 10.1. The van der Waals surface area contributed by atoms with E-state index in [4.69, 9.17) is 9.47 Å². The monoisotopic (exact) mass is 334 g/mol. The predicted molar refractivity (Wildman–Crippen MR) is 91.2 cm³/mol. The van der Waals surface area contributed by atoms with Crippen molar-refractivity contribution in [3.05, 3.63) is 23.8 Å². The minimum atomic E-state index is -0.0577. The Bertz CT molecular complexity index is 601. The van der Waals surface area contributed by atoms with Gasteiger partial charge in [-0.05, 0) is 31.5 Å². The van der Waals surface area contributed by atoms with Crippen molar-refractivity contribution in [1.29, 1.82) is 0 Å². The molecule has 0 saturated carbocycles. The first-order chi connectivity index (χ1) is 11.4. The number of likely N-dealkylation sites (tertiary alicyclic amines) is 1. The highest BCUT2D eigenvalue weighted by Gasteiger charge is 2.31. The number of methoxy groups -OCH3 is 2. The number of nitrogens with zero attached hydrogens (tertiary/aromatic N) is 1. The second kappa shape index (κ2) is 8.04. The molecule has 1 aromatic carbocycles. The van der Waals surface area contributed by atoms with Crippen LogP contribution in [0.2, 0.25) is 0 Å².